The molecule has 0 radical (unpaired) electrons. The van der Waals surface area contributed by atoms with Crippen LogP contribution in [0, 0.1) is 0 Å². The van der Waals surface area contributed by atoms with Crippen LogP contribution < -0.4 is 4.74 Å². The van der Waals surface area contributed by atoms with Crippen LogP contribution in [0.3, 0.4) is 0 Å². The molecule has 1 aromatic rings. The molecule has 0 aliphatic rings. The van der Waals surface area contributed by atoms with Crippen LogP contribution in [0.25, 0.3) is 0 Å². The molecule has 0 saturated carbocycles. The third kappa shape index (κ3) is 3.36. The minimum absolute atomic E-state index is 0.0312. The van der Waals surface area contributed by atoms with Crippen molar-refractivity contribution in [2.75, 3.05) is 13.7 Å². The monoisotopic (exact) mass is 245 g/mol. The third-order valence-electron chi connectivity index (χ3n) is 1.78. The van der Waals surface area contributed by atoms with E-state index in [1.807, 2.05) is 0 Å². The number of methoxy groups -OCH3 is 1. The Morgan fingerprint density at radius 1 is 1.69 bits per heavy atom. The van der Waals surface area contributed by atoms with Crippen molar-refractivity contribution in [3.8, 4) is 5.88 Å². The van der Waals surface area contributed by atoms with E-state index < -0.39 is 5.97 Å². The number of aromatic nitrogens is 1. The molecular weight excluding hydrogens is 234 g/mol. The Balaban J connectivity index is 2.82. The van der Waals surface area contributed by atoms with Crippen molar-refractivity contribution in [1.82, 2.24) is 4.98 Å². The molecule has 0 aliphatic heterocycles. The van der Waals surface area contributed by atoms with E-state index in [1.54, 1.807) is 14.0 Å². The second-order valence-corrected chi connectivity index (χ2v) is 3.60. The molecule has 0 fully saturated rings. The molecule has 1 atom stereocenters. The first kappa shape index (κ1) is 12.7. The number of nitrogens with zero attached hydrogens (tertiary/aromatic N) is 1. The summed E-state index contributed by atoms with van der Waals surface area (Å²) in [6, 6.07) is 1.29. The van der Waals surface area contributed by atoms with Crippen LogP contribution in [0.2, 0.25) is 5.02 Å². The van der Waals surface area contributed by atoms with Crippen molar-refractivity contribution in [1.29, 1.82) is 0 Å². The zero-order chi connectivity index (χ0) is 12.1. The highest BCUT2D eigenvalue weighted by Crippen LogP contribution is 2.19. The van der Waals surface area contributed by atoms with E-state index in [0.29, 0.717) is 6.61 Å². The zero-order valence-electron chi connectivity index (χ0n) is 8.94. The first-order valence-electron chi connectivity index (χ1n) is 4.59. The molecule has 0 amide bonds. The minimum Gasteiger partial charge on any atom is -0.478 e. The summed E-state index contributed by atoms with van der Waals surface area (Å²) in [6.45, 7) is 2.19. The smallest absolute Gasteiger partial charge is 0.337 e. The first-order valence-corrected chi connectivity index (χ1v) is 4.96. The highest BCUT2D eigenvalue weighted by atomic mass is 35.5. The molecule has 0 saturated heterocycles. The van der Waals surface area contributed by atoms with Gasteiger partial charge < -0.3 is 14.6 Å². The van der Waals surface area contributed by atoms with Crippen LogP contribution in [0.5, 0.6) is 5.88 Å². The topological polar surface area (TPSA) is 68.7 Å². The summed E-state index contributed by atoms with van der Waals surface area (Å²) in [5.41, 5.74) is -0.0312. The predicted octanol–water partition coefficient (Wildman–Crippen LogP) is 1.85. The molecule has 1 N–H and O–H groups in total. The van der Waals surface area contributed by atoms with Crippen molar-refractivity contribution < 1.29 is 19.4 Å². The maximum absolute atomic E-state index is 10.8. The second kappa shape index (κ2) is 5.67. The quantitative estimate of drug-likeness (QED) is 0.857. The van der Waals surface area contributed by atoms with E-state index in [0.717, 1.165) is 0 Å². The fourth-order valence-electron chi connectivity index (χ4n) is 1.12. The lowest BCUT2D eigenvalue weighted by atomic mass is 10.3. The van der Waals surface area contributed by atoms with Gasteiger partial charge in [0, 0.05) is 13.2 Å². The number of carboxylic acids is 1. The number of carboxylic acid groups (broad SMARTS) is 1. The molecule has 0 aliphatic carbocycles. The van der Waals surface area contributed by atoms with Crippen LogP contribution in [-0.4, -0.2) is 35.9 Å². The summed E-state index contributed by atoms with van der Waals surface area (Å²) >= 11 is 5.67. The normalized spacial score (nSPS) is 12.2. The van der Waals surface area contributed by atoms with E-state index in [2.05, 4.69) is 4.98 Å². The number of hydrogen-bond donors (Lipinski definition) is 1. The van der Waals surface area contributed by atoms with Gasteiger partial charge in [0.1, 0.15) is 6.10 Å². The van der Waals surface area contributed by atoms with E-state index in [4.69, 9.17) is 26.2 Å². The van der Waals surface area contributed by atoms with Gasteiger partial charge in [-0.15, -0.1) is 0 Å². The fourth-order valence-corrected chi connectivity index (χ4v) is 1.31. The number of rotatable bonds is 5. The third-order valence-corrected chi connectivity index (χ3v) is 2.09. The maximum atomic E-state index is 10.8. The van der Waals surface area contributed by atoms with Crippen molar-refractivity contribution in [3.05, 3.63) is 22.8 Å². The molecule has 1 aromatic heterocycles. The Hall–Kier alpha value is -1.33. The Morgan fingerprint density at radius 2 is 2.38 bits per heavy atom. The molecule has 16 heavy (non-hydrogen) atoms. The molecule has 0 aromatic carbocycles. The molecule has 1 heterocycles. The van der Waals surface area contributed by atoms with Gasteiger partial charge in [0.05, 0.1) is 23.4 Å². The lowest BCUT2D eigenvalue weighted by Gasteiger charge is -2.13. The van der Waals surface area contributed by atoms with Crippen LogP contribution in [0.15, 0.2) is 12.3 Å². The molecule has 0 spiro atoms. The average molecular weight is 246 g/mol. The van der Waals surface area contributed by atoms with Crippen molar-refractivity contribution in [2.45, 2.75) is 13.0 Å². The lowest BCUT2D eigenvalue weighted by Crippen LogP contribution is -2.18. The number of ether oxygens (including phenoxy) is 2. The molecule has 1 unspecified atom stereocenters. The molecule has 5 nitrogen and oxygen atoms in total. The second-order valence-electron chi connectivity index (χ2n) is 3.19. The SMILES string of the molecule is COCC(C)Oc1cc(C(=O)O)c(Cl)cn1. The average Bonchev–Trinajstić information content (AvgIpc) is 2.21. The number of halogens is 1. The first-order chi connectivity index (χ1) is 7.54. The molecule has 0 bridgehead atoms. The molecule has 1 rings (SSSR count). The molecular formula is C10H12ClNO4. The number of hydrogen-bond acceptors (Lipinski definition) is 4. The van der Waals surface area contributed by atoms with E-state index in [1.165, 1.54) is 12.3 Å². The lowest BCUT2D eigenvalue weighted by molar-refractivity contribution is 0.0693. The van der Waals surface area contributed by atoms with Gasteiger partial charge >= 0.3 is 5.97 Å². The van der Waals surface area contributed by atoms with Crippen molar-refractivity contribution in [3.63, 3.8) is 0 Å². The van der Waals surface area contributed by atoms with Gasteiger partial charge in [-0.3, -0.25) is 0 Å². The highest BCUT2D eigenvalue weighted by Gasteiger charge is 2.12. The summed E-state index contributed by atoms with van der Waals surface area (Å²) < 4.78 is 10.2. The maximum Gasteiger partial charge on any atom is 0.337 e. The number of aromatic carboxylic acids is 1. The molecule has 6 heteroatoms. The summed E-state index contributed by atoms with van der Waals surface area (Å²) in [5, 5.41) is 8.92. The molecule has 88 valence electrons. The predicted molar refractivity (Wildman–Crippen MR) is 58.2 cm³/mol. The van der Waals surface area contributed by atoms with Gasteiger partial charge in [-0.1, -0.05) is 11.6 Å². The van der Waals surface area contributed by atoms with Crippen LogP contribution >= 0.6 is 11.6 Å². The largest absolute Gasteiger partial charge is 0.478 e. The van der Waals surface area contributed by atoms with Crippen molar-refractivity contribution in [2.24, 2.45) is 0 Å². The Bertz CT molecular complexity index is 383. The van der Waals surface area contributed by atoms with E-state index >= 15 is 0 Å². The standard InChI is InChI=1S/C10H12ClNO4/c1-6(5-15-2)16-9-3-7(10(13)14)8(11)4-12-9/h3-4,6H,5H2,1-2H3,(H,13,14). The Labute approximate surface area is 98.0 Å². The number of pyridine rings is 1. The highest BCUT2D eigenvalue weighted by molar-refractivity contribution is 6.33. The summed E-state index contributed by atoms with van der Waals surface area (Å²) in [4.78, 5) is 14.7. The Morgan fingerprint density at radius 3 is 2.94 bits per heavy atom. The van der Waals surface area contributed by atoms with Gasteiger partial charge in [0.2, 0.25) is 5.88 Å². The van der Waals surface area contributed by atoms with Gasteiger partial charge in [-0.25, -0.2) is 9.78 Å². The van der Waals surface area contributed by atoms with Gasteiger partial charge in [-0.05, 0) is 6.92 Å². The number of carbonyl (C=O) groups is 1. The zero-order valence-corrected chi connectivity index (χ0v) is 9.69. The van der Waals surface area contributed by atoms with Crippen LogP contribution in [0.1, 0.15) is 17.3 Å². The van der Waals surface area contributed by atoms with E-state index in [9.17, 15) is 4.79 Å². The summed E-state index contributed by atoms with van der Waals surface area (Å²) in [6.07, 6.45) is 1.04. The Kier molecular flexibility index (Phi) is 4.52. The summed E-state index contributed by atoms with van der Waals surface area (Å²) in [5.74, 6) is -0.900. The fraction of sp³-hybridized carbons (Fsp3) is 0.400. The van der Waals surface area contributed by atoms with Crippen molar-refractivity contribution >= 4 is 17.6 Å². The van der Waals surface area contributed by atoms with Gasteiger partial charge in [0.25, 0.3) is 0 Å². The van der Waals surface area contributed by atoms with E-state index in [-0.39, 0.29) is 22.6 Å². The van der Waals surface area contributed by atoms with Gasteiger partial charge in [0.15, 0.2) is 0 Å². The summed E-state index contributed by atoms with van der Waals surface area (Å²) in [7, 11) is 1.55. The minimum atomic E-state index is -1.11. The van der Waals surface area contributed by atoms with Crippen LogP contribution in [-0.2, 0) is 4.74 Å². The van der Waals surface area contributed by atoms with Gasteiger partial charge in [-0.2, -0.15) is 0 Å². The van der Waals surface area contributed by atoms with Crippen LogP contribution in [0.4, 0.5) is 0 Å².